The maximum atomic E-state index is 11.9. The number of nitrogen functional groups attached to an aromatic ring is 1. The lowest BCUT2D eigenvalue weighted by molar-refractivity contribution is 0.638. The number of nitrogens with zero attached hydrogens (tertiary/aromatic N) is 4. The highest BCUT2D eigenvalue weighted by molar-refractivity contribution is 5.40. The molecule has 0 aliphatic rings. The Kier molecular flexibility index (Phi) is 3.76. The molecule has 0 bridgehead atoms. The van der Waals surface area contributed by atoms with Crippen LogP contribution in [0.15, 0.2) is 35.4 Å². The fourth-order valence-electron chi connectivity index (χ4n) is 1.61. The molecule has 0 amide bonds. The van der Waals surface area contributed by atoms with Gasteiger partial charge in [0.1, 0.15) is 5.82 Å². The first-order chi connectivity index (χ1) is 9.10. The van der Waals surface area contributed by atoms with E-state index >= 15 is 0 Å². The lowest BCUT2D eigenvalue weighted by atomic mass is 10.2. The SMILES string of the molecule is CN(C)c1cnn(Cc2ccnc(NN)c2)c(=O)c1. The smallest absolute Gasteiger partial charge is 0.269 e. The molecule has 7 heteroatoms. The number of aromatic nitrogens is 3. The Bertz CT molecular complexity index is 622. The van der Waals surface area contributed by atoms with Gasteiger partial charge in [-0.05, 0) is 17.7 Å². The maximum Gasteiger partial charge on any atom is 0.269 e. The summed E-state index contributed by atoms with van der Waals surface area (Å²) in [5, 5.41) is 4.14. The second-order valence-corrected chi connectivity index (χ2v) is 4.30. The Morgan fingerprint density at radius 2 is 2.21 bits per heavy atom. The van der Waals surface area contributed by atoms with Gasteiger partial charge < -0.3 is 10.3 Å². The Hall–Kier alpha value is -2.41. The van der Waals surface area contributed by atoms with E-state index in [-0.39, 0.29) is 5.56 Å². The molecule has 2 aromatic heterocycles. The molecule has 0 aromatic carbocycles. The van der Waals surface area contributed by atoms with Gasteiger partial charge in [-0.25, -0.2) is 15.5 Å². The van der Waals surface area contributed by atoms with Crippen molar-refractivity contribution >= 4 is 11.5 Å². The number of pyridine rings is 1. The summed E-state index contributed by atoms with van der Waals surface area (Å²) in [5.74, 6) is 5.84. The van der Waals surface area contributed by atoms with E-state index in [1.54, 1.807) is 24.5 Å². The van der Waals surface area contributed by atoms with E-state index in [0.29, 0.717) is 12.4 Å². The minimum absolute atomic E-state index is 0.148. The number of hydrogen-bond donors (Lipinski definition) is 2. The van der Waals surface area contributed by atoms with Crippen molar-refractivity contribution in [2.75, 3.05) is 24.4 Å². The van der Waals surface area contributed by atoms with Gasteiger partial charge in [0.2, 0.25) is 0 Å². The van der Waals surface area contributed by atoms with E-state index in [1.165, 1.54) is 4.68 Å². The molecule has 0 radical (unpaired) electrons. The molecule has 2 rings (SSSR count). The fraction of sp³-hybridized carbons (Fsp3) is 0.250. The van der Waals surface area contributed by atoms with Crippen LogP contribution in [-0.4, -0.2) is 28.9 Å². The van der Waals surface area contributed by atoms with Gasteiger partial charge in [-0.1, -0.05) is 0 Å². The summed E-state index contributed by atoms with van der Waals surface area (Å²) in [5.41, 5.74) is 3.99. The van der Waals surface area contributed by atoms with E-state index in [9.17, 15) is 4.79 Å². The van der Waals surface area contributed by atoms with Crippen molar-refractivity contribution in [3.8, 4) is 0 Å². The van der Waals surface area contributed by atoms with Crippen LogP contribution in [0.25, 0.3) is 0 Å². The molecule has 0 saturated carbocycles. The Morgan fingerprint density at radius 3 is 2.84 bits per heavy atom. The summed E-state index contributed by atoms with van der Waals surface area (Å²) in [6.45, 7) is 0.379. The average molecular weight is 260 g/mol. The van der Waals surface area contributed by atoms with Gasteiger partial charge in [-0.2, -0.15) is 5.10 Å². The third-order valence-electron chi connectivity index (χ3n) is 2.68. The molecule has 0 spiro atoms. The molecule has 19 heavy (non-hydrogen) atoms. The summed E-state index contributed by atoms with van der Waals surface area (Å²) in [7, 11) is 3.73. The van der Waals surface area contributed by atoms with Gasteiger partial charge in [-0.15, -0.1) is 0 Å². The molecule has 0 fully saturated rings. The van der Waals surface area contributed by atoms with Crippen molar-refractivity contribution < 1.29 is 0 Å². The summed E-state index contributed by atoms with van der Waals surface area (Å²) in [4.78, 5) is 17.8. The molecule has 0 aliphatic carbocycles. The molecule has 0 unspecified atom stereocenters. The first-order valence-electron chi connectivity index (χ1n) is 5.76. The molecule has 0 aliphatic heterocycles. The van der Waals surface area contributed by atoms with Gasteiger partial charge in [0.25, 0.3) is 5.56 Å². The normalized spacial score (nSPS) is 10.3. The van der Waals surface area contributed by atoms with Crippen LogP contribution in [0.5, 0.6) is 0 Å². The monoisotopic (exact) mass is 260 g/mol. The zero-order chi connectivity index (χ0) is 13.8. The molecule has 100 valence electrons. The van der Waals surface area contributed by atoms with Crippen LogP contribution in [0.2, 0.25) is 0 Å². The standard InChI is InChI=1S/C12H16N6O/c1-17(2)10-6-12(19)18(15-7-10)8-9-3-4-14-11(5-9)16-13/h3-7H,8,13H2,1-2H3,(H,14,16). The van der Waals surface area contributed by atoms with Crippen LogP contribution in [0.1, 0.15) is 5.56 Å². The first kappa shape index (κ1) is 13.0. The van der Waals surface area contributed by atoms with Crippen molar-refractivity contribution in [1.29, 1.82) is 0 Å². The quantitative estimate of drug-likeness (QED) is 0.596. The Balaban J connectivity index is 2.26. The lowest BCUT2D eigenvalue weighted by Gasteiger charge is -2.12. The third-order valence-corrected chi connectivity index (χ3v) is 2.68. The molecule has 2 aromatic rings. The fourth-order valence-corrected chi connectivity index (χ4v) is 1.61. The highest BCUT2D eigenvalue weighted by atomic mass is 16.1. The highest BCUT2D eigenvalue weighted by Crippen LogP contribution is 2.07. The molecule has 0 atom stereocenters. The van der Waals surface area contributed by atoms with Crippen LogP contribution in [0, 0.1) is 0 Å². The largest absolute Gasteiger partial charge is 0.376 e. The predicted molar refractivity (Wildman–Crippen MR) is 74.0 cm³/mol. The van der Waals surface area contributed by atoms with E-state index in [1.807, 2.05) is 25.1 Å². The molecule has 7 nitrogen and oxygen atoms in total. The zero-order valence-electron chi connectivity index (χ0n) is 10.9. The predicted octanol–water partition coefficient (Wildman–Crippen LogP) is 0.0382. The van der Waals surface area contributed by atoms with Gasteiger partial charge in [0, 0.05) is 26.4 Å². The molecule has 0 saturated heterocycles. The van der Waals surface area contributed by atoms with Crippen LogP contribution < -0.4 is 21.7 Å². The van der Waals surface area contributed by atoms with Crippen LogP contribution in [-0.2, 0) is 6.54 Å². The van der Waals surface area contributed by atoms with E-state index in [2.05, 4.69) is 15.5 Å². The topological polar surface area (TPSA) is 89.1 Å². The molecular weight excluding hydrogens is 244 g/mol. The van der Waals surface area contributed by atoms with Crippen molar-refractivity contribution in [3.05, 3.63) is 46.5 Å². The summed E-state index contributed by atoms with van der Waals surface area (Å²) in [6.07, 6.45) is 3.29. The number of hydrogen-bond acceptors (Lipinski definition) is 6. The number of rotatable bonds is 4. The number of anilines is 2. The molecule has 2 heterocycles. The average Bonchev–Trinajstić information content (AvgIpc) is 2.41. The second kappa shape index (κ2) is 5.49. The molecule has 3 N–H and O–H groups in total. The van der Waals surface area contributed by atoms with Gasteiger partial charge in [0.15, 0.2) is 0 Å². The van der Waals surface area contributed by atoms with Crippen LogP contribution >= 0.6 is 0 Å². The number of nitrogens with one attached hydrogen (secondary N) is 1. The summed E-state index contributed by atoms with van der Waals surface area (Å²) in [6, 6.07) is 5.14. The van der Waals surface area contributed by atoms with Crippen LogP contribution in [0.4, 0.5) is 11.5 Å². The van der Waals surface area contributed by atoms with Gasteiger partial charge in [0.05, 0.1) is 18.4 Å². The minimum atomic E-state index is -0.148. The van der Waals surface area contributed by atoms with Crippen molar-refractivity contribution in [2.45, 2.75) is 6.54 Å². The Labute approximate surface area is 110 Å². The highest BCUT2D eigenvalue weighted by Gasteiger charge is 2.03. The van der Waals surface area contributed by atoms with E-state index in [0.717, 1.165) is 11.3 Å². The lowest BCUT2D eigenvalue weighted by Crippen LogP contribution is -2.24. The van der Waals surface area contributed by atoms with Crippen LogP contribution in [0.3, 0.4) is 0 Å². The minimum Gasteiger partial charge on any atom is -0.376 e. The van der Waals surface area contributed by atoms with Gasteiger partial charge in [-0.3, -0.25) is 4.79 Å². The van der Waals surface area contributed by atoms with Gasteiger partial charge >= 0.3 is 0 Å². The third kappa shape index (κ3) is 3.08. The summed E-state index contributed by atoms with van der Waals surface area (Å²) >= 11 is 0. The van der Waals surface area contributed by atoms with Crippen molar-refractivity contribution in [3.63, 3.8) is 0 Å². The zero-order valence-corrected chi connectivity index (χ0v) is 10.9. The Morgan fingerprint density at radius 1 is 1.42 bits per heavy atom. The van der Waals surface area contributed by atoms with E-state index < -0.39 is 0 Å². The van der Waals surface area contributed by atoms with E-state index in [4.69, 9.17) is 5.84 Å². The van der Waals surface area contributed by atoms with Crippen molar-refractivity contribution in [1.82, 2.24) is 14.8 Å². The first-order valence-corrected chi connectivity index (χ1v) is 5.76. The second-order valence-electron chi connectivity index (χ2n) is 4.30. The number of nitrogens with two attached hydrogens (primary N) is 1. The number of hydrazine groups is 1. The van der Waals surface area contributed by atoms with Crippen molar-refractivity contribution in [2.24, 2.45) is 5.84 Å². The molecular formula is C12H16N6O. The maximum absolute atomic E-state index is 11.9. The summed E-state index contributed by atoms with van der Waals surface area (Å²) < 4.78 is 1.39.